The Kier molecular flexibility index (Phi) is 4.74. The number of nitrogens with zero attached hydrogens (tertiary/aromatic N) is 1. The second kappa shape index (κ2) is 6.20. The number of benzene rings is 1. The van der Waals surface area contributed by atoms with Crippen LogP contribution in [0.15, 0.2) is 24.3 Å². The summed E-state index contributed by atoms with van der Waals surface area (Å²) in [5.41, 5.74) is 4.04. The van der Waals surface area contributed by atoms with Gasteiger partial charge >= 0.3 is 0 Å². The van der Waals surface area contributed by atoms with Gasteiger partial charge < -0.3 is 15.0 Å². The fraction of sp³-hybridized carbons (Fsp3) is 0.556. The lowest BCUT2D eigenvalue weighted by Crippen LogP contribution is -2.30. The minimum atomic E-state index is -0.292. The number of aliphatic hydroxyl groups is 1. The van der Waals surface area contributed by atoms with Crippen LogP contribution in [0.5, 0.6) is 0 Å². The molecule has 0 spiro atoms. The van der Waals surface area contributed by atoms with E-state index in [1.165, 1.54) is 22.2 Å². The number of para-hydroxylation sites is 1. The Morgan fingerprint density at radius 1 is 1.24 bits per heavy atom. The van der Waals surface area contributed by atoms with E-state index in [9.17, 15) is 5.11 Å². The molecule has 0 amide bonds. The van der Waals surface area contributed by atoms with E-state index >= 15 is 0 Å². The Morgan fingerprint density at radius 2 is 1.90 bits per heavy atom. The van der Waals surface area contributed by atoms with Gasteiger partial charge in [-0.2, -0.15) is 0 Å². The van der Waals surface area contributed by atoms with Crippen molar-refractivity contribution in [1.29, 1.82) is 0 Å². The quantitative estimate of drug-likeness (QED) is 0.885. The molecule has 1 heterocycles. The van der Waals surface area contributed by atoms with Crippen molar-refractivity contribution in [2.45, 2.75) is 46.8 Å². The second-order valence-electron chi connectivity index (χ2n) is 7.20. The van der Waals surface area contributed by atoms with Gasteiger partial charge in [-0.15, -0.1) is 0 Å². The lowest BCUT2D eigenvalue weighted by atomic mass is 9.89. The van der Waals surface area contributed by atoms with Crippen LogP contribution < -0.4 is 5.32 Å². The number of nitrogens with one attached hydrogen (secondary N) is 1. The van der Waals surface area contributed by atoms with Crippen molar-refractivity contribution < 1.29 is 5.11 Å². The molecule has 1 unspecified atom stereocenters. The molecule has 0 bridgehead atoms. The molecule has 1 atom stereocenters. The topological polar surface area (TPSA) is 37.2 Å². The average Bonchev–Trinajstić information content (AvgIpc) is 2.62. The molecule has 0 saturated carbocycles. The molecule has 0 aliphatic carbocycles. The summed E-state index contributed by atoms with van der Waals surface area (Å²) in [7, 11) is 2.11. The molecule has 1 aromatic heterocycles. The maximum atomic E-state index is 10.1. The van der Waals surface area contributed by atoms with Crippen LogP contribution in [0, 0.1) is 12.3 Å². The van der Waals surface area contributed by atoms with Crippen LogP contribution in [0.25, 0.3) is 10.9 Å². The van der Waals surface area contributed by atoms with E-state index in [0.29, 0.717) is 6.54 Å². The summed E-state index contributed by atoms with van der Waals surface area (Å²) < 4.78 is 2.24. The van der Waals surface area contributed by atoms with Crippen molar-refractivity contribution in [3.63, 3.8) is 0 Å². The largest absolute Gasteiger partial charge is 0.392 e. The summed E-state index contributed by atoms with van der Waals surface area (Å²) in [6, 6.07) is 8.48. The highest BCUT2D eigenvalue weighted by Gasteiger charge is 2.17. The summed E-state index contributed by atoms with van der Waals surface area (Å²) in [6.07, 6.45) is 0.522. The van der Waals surface area contributed by atoms with Gasteiger partial charge in [-0.25, -0.2) is 0 Å². The first-order chi connectivity index (χ1) is 9.79. The number of rotatable bonds is 5. The highest BCUT2D eigenvalue weighted by atomic mass is 16.3. The third kappa shape index (κ3) is 3.86. The monoisotopic (exact) mass is 288 g/mol. The fourth-order valence-electron chi connectivity index (χ4n) is 3.02. The third-order valence-corrected chi connectivity index (χ3v) is 4.03. The second-order valence-corrected chi connectivity index (χ2v) is 7.20. The predicted octanol–water partition coefficient (Wildman–Crippen LogP) is 3.37. The predicted molar refractivity (Wildman–Crippen MR) is 89.4 cm³/mol. The maximum absolute atomic E-state index is 10.1. The van der Waals surface area contributed by atoms with Gasteiger partial charge in [0.2, 0.25) is 0 Å². The summed E-state index contributed by atoms with van der Waals surface area (Å²) in [5.74, 6) is 0. The molecular formula is C18H28N2O. The minimum Gasteiger partial charge on any atom is -0.392 e. The first-order valence-electron chi connectivity index (χ1n) is 7.71. The highest BCUT2D eigenvalue weighted by molar-refractivity contribution is 5.85. The normalized spacial score (nSPS) is 13.8. The number of fused-ring (bicyclic) bond motifs is 1. The molecular weight excluding hydrogens is 260 g/mol. The van der Waals surface area contributed by atoms with Crippen molar-refractivity contribution in [2.75, 3.05) is 6.54 Å². The standard InChI is InChI=1S/C18H28N2O/c1-13-15-8-6-7-9-16(15)20(5)17(13)12-19-11-14(21)10-18(2,3)4/h6-9,14,19,21H,10-12H2,1-5H3. The zero-order chi connectivity index (χ0) is 15.6. The molecule has 2 aromatic rings. The summed E-state index contributed by atoms with van der Waals surface area (Å²) >= 11 is 0. The molecule has 0 saturated heterocycles. The van der Waals surface area contributed by atoms with E-state index in [1.807, 2.05) is 0 Å². The average molecular weight is 288 g/mol. The third-order valence-electron chi connectivity index (χ3n) is 4.03. The summed E-state index contributed by atoms with van der Waals surface area (Å²) in [6.45, 7) is 10.1. The van der Waals surface area contributed by atoms with Gasteiger partial charge in [0.25, 0.3) is 0 Å². The SMILES string of the molecule is Cc1c(CNCC(O)CC(C)(C)C)n(C)c2ccccc12. The summed E-state index contributed by atoms with van der Waals surface area (Å²) in [5, 5.41) is 14.8. The first kappa shape index (κ1) is 16.1. The number of aliphatic hydroxyl groups excluding tert-OH is 1. The van der Waals surface area contributed by atoms with Gasteiger partial charge in [0.15, 0.2) is 0 Å². The van der Waals surface area contributed by atoms with E-state index in [2.05, 4.69) is 68.9 Å². The van der Waals surface area contributed by atoms with Gasteiger partial charge in [0.05, 0.1) is 6.10 Å². The van der Waals surface area contributed by atoms with Crippen LogP contribution in [0.4, 0.5) is 0 Å². The van der Waals surface area contributed by atoms with Crippen LogP contribution in [0.3, 0.4) is 0 Å². The zero-order valence-corrected chi connectivity index (χ0v) is 13.9. The van der Waals surface area contributed by atoms with E-state index in [1.54, 1.807) is 0 Å². The van der Waals surface area contributed by atoms with Crippen LogP contribution in [0.1, 0.15) is 38.4 Å². The summed E-state index contributed by atoms with van der Waals surface area (Å²) in [4.78, 5) is 0. The van der Waals surface area contributed by atoms with Gasteiger partial charge in [-0.3, -0.25) is 0 Å². The smallest absolute Gasteiger partial charge is 0.0669 e. The Labute approximate surface area is 128 Å². The van der Waals surface area contributed by atoms with E-state index in [4.69, 9.17) is 0 Å². The Bertz CT molecular complexity index is 568. The fourth-order valence-corrected chi connectivity index (χ4v) is 3.02. The lowest BCUT2D eigenvalue weighted by Gasteiger charge is -2.22. The molecule has 0 aliphatic heterocycles. The molecule has 3 nitrogen and oxygen atoms in total. The minimum absolute atomic E-state index is 0.163. The molecule has 3 heteroatoms. The number of hydrogen-bond acceptors (Lipinski definition) is 2. The van der Waals surface area contributed by atoms with Gasteiger partial charge in [0, 0.05) is 36.7 Å². The van der Waals surface area contributed by atoms with Gasteiger partial charge in [-0.05, 0) is 30.4 Å². The molecule has 0 fully saturated rings. The van der Waals surface area contributed by atoms with Crippen molar-refractivity contribution >= 4 is 10.9 Å². The van der Waals surface area contributed by atoms with E-state index in [-0.39, 0.29) is 11.5 Å². The molecule has 116 valence electrons. The van der Waals surface area contributed by atoms with Crippen LogP contribution >= 0.6 is 0 Å². The van der Waals surface area contributed by atoms with Crippen molar-refractivity contribution in [2.24, 2.45) is 12.5 Å². The molecule has 1 aromatic carbocycles. The Balaban J connectivity index is 2.01. The molecule has 21 heavy (non-hydrogen) atoms. The van der Waals surface area contributed by atoms with Crippen LogP contribution in [0.2, 0.25) is 0 Å². The van der Waals surface area contributed by atoms with Gasteiger partial charge in [0.1, 0.15) is 0 Å². The van der Waals surface area contributed by atoms with Crippen LogP contribution in [-0.2, 0) is 13.6 Å². The van der Waals surface area contributed by atoms with Crippen molar-refractivity contribution in [3.8, 4) is 0 Å². The van der Waals surface area contributed by atoms with Crippen molar-refractivity contribution in [1.82, 2.24) is 9.88 Å². The maximum Gasteiger partial charge on any atom is 0.0669 e. The number of aryl methyl sites for hydroxylation is 2. The lowest BCUT2D eigenvalue weighted by molar-refractivity contribution is 0.119. The van der Waals surface area contributed by atoms with E-state index in [0.717, 1.165) is 13.0 Å². The molecule has 0 aliphatic rings. The Hall–Kier alpha value is -1.32. The highest BCUT2D eigenvalue weighted by Crippen LogP contribution is 2.24. The van der Waals surface area contributed by atoms with Gasteiger partial charge in [-0.1, -0.05) is 39.0 Å². The van der Waals surface area contributed by atoms with Crippen molar-refractivity contribution in [3.05, 3.63) is 35.5 Å². The van der Waals surface area contributed by atoms with E-state index < -0.39 is 0 Å². The molecule has 2 N–H and O–H groups in total. The zero-order valence-electron chi connectivity index (χ0n) is 13.9. The number of aromatic nitrogens is 1. The molecule has 2 rings (SSSR count). The Morgan fingerprint density at radius 3 is 2.52 bits per heavy atom. The van der Waals surface area contributed by atoms with Crippen LogP contribution in [-0.4, -0.2) is 22.3 Å². The first-order valence-corrected chi connectivity index (χ1v) is 7.71. The molecule has 0 radical (unpaired) electrons. The number of hydrogen-bond donors (Lipinski definition) is 2.